The zero-order valence-electron chi connectivity index (χ0n) is 12.2. The first kappa shape index (κ1) is 13.7. The van der Waals surface area contributed by atoms with Crippen LogP contribution in [0.25, 0.3) is 0 Å². The molecule has 1 N–H and O–H groups in total. The summed E-state index contributed by atoms with van der Waals surface area (Å²) in [5.41, 5.74) is 1.88. The van der Waals surface area contributed by atoms with Crippen LogP contribution in [-0.2, 0) is 0 Å². The van der Waals surface area contributed by atoms with Gasteiger partial charge in [-0.15, -0.1) is 0 Å². The highest BCUT2D eigenvalue weighted by molar-refractivity contribution is 5.97. The summed E-state index contributed by atoms with van der Waals surface area (Å²) >= 11 is 0. The van der Waals surface area contributed by atoms with E-state index in [-0.39, 0.29) is 11.1 Å². The molecule has 1 rings (SSSR count). The second-order valence-corrected chi connectivity index (χ2v) is 7.77. The maximum absolute atomic E-state index is 4.83. The second-order valence-electron chi connectivity index (χ2n) is 7.77. The van der Waals surface area contributed by atoms with Crippen LogP contribution in [0.15, 0.2) is 4.99 Å². The van der Waals surface area contributed by atoms with Gasteiger partial charge < -0.3 is 5.32 Å². The maximum atomic E-state index is 4.83. The minimum atomic E-state index is 0.0453. The van der Waals surface area contributed by atoms with E-state index in [1.807, 2.05) is 0 Å². The molecule has 0 saturated heterocycles. The van der Waals surface area contributed by atoms with Gasteiger partial charge in [0.05, 0.1) is 11.6 Å². The number of nitrogens with zero attached hydrogens (tertiary/aromatic N) is 1. The summed E-state index contributed by atoms with van der Waals surface area (Å²) in [6.07, 6.45) is 1.12. The van der Waals surface area contributed by atoms with Gasteiger partial charge in [0, 0.05) is 11.3 Å². The fourth-order valence-electron chi connectivity index (χ4n) is 2.24. The zero-order chi connectivity index (χ0) is 12.8. The normalized spacial score (nSPS) is 28.0. The molecule has 1 saturated carbocycles. The minimum absolute atomic E-state index is 0.0453. The van der Waals surface area contributed by atoms with Gasteiger partial charge in [0.15, 0.2) is 0 Å². The number of aliphatic imine (C=N–C) groups is 1. The Labute approximate surface area is 101 Å². The SMILES string of the molecule is CC(C)(C)N=C1CC(C)(C)C1NC(C)(C)C. The van der Waals surface area contributed by atoms with Crippen LogP contribution in [-0.4, -0.2) is 22.8 Å². The van der Waals surface area contributed by atoms with Crippen molar-refractivity contribution >= 4 is 5.71 Å². The number of nitrogens with one attached hydrogen (secondary N) is 1. The molecule has 0 amide bonds. The highest BCUT2D eigenvalue weighted by Crippen LogP contribution is 2.40. The van der Waals surface area contributed by atoms with E-state index in [1.165, 1.54) is 5.71 Å². The standard InChI is InChI=1S/C14H28N2/c1-12(2,3)15-10-9-14(7,8)11(10)16-13(4,5)6/h11,16H,9H2,1-8H3. The molecule has 0 aliphatic heterocycles. The van der Waals surface area contributed by atoms with E-state index in [0.717, 1.165) is 6.42 Å². The quantitative estimate of drug-likeness (QED) is 0.725. The summed E-state index contributed by atoms with van der Waals surface area (Å²) < 4.78 is 0. The highest BCUT2D eigenvalue weighted by atomic mass is 15.1. The molecule has 0 heterocycles. The van der Waals surface area contributed by atoms with Gasteiger partial charge in [0.2, 0.25) is 0 Å². The molecule has 0 radical (unpaired) electrons. The van der Waals surface area contributed by atoms with Gasteiger partial charge in [-0.1, -0.05) is 13.8 Å². The molecule has 0 spiro atoms. The molecule has 16 heavy (non-hydrogen) atoms. The monoisotopic (exact) mass is 224 g/mol. The summed E-state index contributed by atoms with van der Waals surface area (Å²) in [5, 5.41) is 3.69. The van der Waals surface area contributed by atoms with Gasteiger partial charge in [-0.2, -0.15) is 0 Å². The predicted octanol–water partition coefficient (Wildman–Crippen LogP) is 3.41. The van der Waals surface area contributed by atoms with Gasteiger partial charge in [-0.25, -0.2) is 0 Å². The van der Waals surface area contributed by atoms with Gasteiger partial charge in [-0.05, 0) is 53.4 Å². The largest absolute Gasteiger partial charge is 0.304 e. The van der Waals surface area contributed by atoms with Crippen molar-refractivity contribution in [2.75, 3.05) is 0 Å². The Morgan fingerprint density at radius 3 is 1.94 bits per heavy atom. The van der Waals surface area contributed by atoms with Crippen LogP contribution in [0.4, 0.5) is 0 Å². The maximum Gasteiger partial charge on any atom is 0.0524 e. The summed E-state index contributed by atoms with van der Waals surface area (Å²) in [6.45, 7) is 17.8. The fourth-order valence-corrected chi connectivity index (χ4v) is 2.24. The lowest BCUT2D eigenvalue weighted by molar-refractivity contribution is 0.207. The third kappa shape index (κ3) is 3.58. The molecule has 1 unspecified atom stereocenters. The molecular weight excluding hydrogens is 196 g/mol. The number of hydrogen-bond donors (Lipinski definition) is 1. The lowest BCUT2D eigenvalue weighted by atomic mass is 9.65. The summed E-state index contributed by atoms with van der Waals surface area (Å²) in [7, 11) is 0. The van der Waals surface area contributed by atoms with Crippen molar-refractivity contribution in [3.63, 3.8) is 0 Å². The van der Waals surface area contributed by atoms with Gasteiger partial charge in [0.25, 0.3) is 0 Å². The van der Waals surface area contributed by atoms with E-state index in [4.69, 9.17) is 4.99 Å². The van der Waals surface area contributed by atoms with Crippen molar-refractivity contribution in [3.05, 3.63) is 0 Å². The van der Waals surface area contributed by atoms with Crippen molar-refractivity contribution in [1.82, 2.24) is 5.32 Å². The first-order chi connectivity index (χ1) is 6.91. The average molecular weight is 224 g/mol. The van der Waals surface area contributed by atoms with Crippen LogP contribution < -0.4 is 5.32 Å². The van der Waals surface area contributed by atoms with E-state index < -0.39 is 0 Å². The molecule has 1 aliphatic rings. The van der Waals surface area contributed by atoms with Crippen LogP contribution in [0.5, 0.6) is 0 Å². The van der Waals surface area contributed by atoms with E-state index in [0.29, 0.717) is 11.5 Å². The molecule has 2 heteroatoms. The van der Waals surface area contributed by atoms with Crippen molar-refractivity contribution in [3.8, 4) is 0 Å². The Morgan fingerprint density at radius 2 is 1.62 bits per heavy atom. The topological polar surface area (TPSA) is 24.4 Å². The molecule has 0 aromatic heterocycles. The van der Waals surface area contributed by atoms with E-state index in [1.54, 1.807) is 0 Å². The van der Waals surface area contributed by atoms with Crippen molar-refractivity contribution in [2.45, 2.75) is 78.9 Å². The van der Waals surface area contributed by atoms with Crippen LogP contribution in [0.1, 0.15) is 61.8 Å². The molecule has 94 valence electrons. The predicted molar refractivity (Wildman–Crippen MR) is 72.3 cm³/mol. The Bertz CT molecular complexity index is 287. The molecule has 1 fully saturated rings. The highest BCUT2D eigenvalue weighted by Gasteiger charge is 2.46. The lowest BCUT2D eigenvalue weighted by Crippen LogP contribution is -2.62. The minimum Gasteiger partial charge on any atom is -0.304 e. The lowest BCUT2D eigenvalue weighted by Gasteiger charge is -2.49. The number of hydrogen-bond acceptors (Lipinski definition) is 2. The van der Waals surface area contributed by atoms with E-state index in [2.05, 4.69) is 60.7 Å². The van der Waals surface area contributed by atoms with Gasteiger partial charge >= 0.3 is 0 Å². The Hall–Kier alpha value is -0.370. The van der Waals surface area contributed by atoms with Crippen LogP contribution in [0.3, 0.4) is 0 Å². The Morgan fingerprint density at radius 1 is 1.12 bits per heavy atom. The summed E-state index contributed by atoms with van der Waals surface area (Å²) in [5.74, 6) is 0. The Kier molecular flexibility index (Phi) is 3.28. The van der Waals surface area contributed by atoms with Crippen LogP contribution in [0, 0.1) is 5.41 Å². The zero-order valence-corrected chi connectivity index (χ0v) is 12.2. The second kappa shape index (κ2) is 3.83. The first-order valence-electron chi connectivity index (χ1n) is 6.27. The van der Waals surface area contributed by atoms with Crippen molar-refractivity contribution in [2.24, 2.45) is 10.4 Å². The number of rotatable bonds is 1. The molecule has 1 atom stereocenters. The molecular formula is C14H28N2. The molecule has 0 aromatic rings. The molecule has 1 aliphatic carbocycles. The average Bonchev–Trinajstić information content (AvgIpc) is 1.95. The molecule has 0 bridgehead atoms. The van der Waals surface area contributed by atoms with Crippen LogP contribution in [0.2, 0.25) is 0 Å². The third-order valence-corrected chi connectivity index (χ3v) is 2.81. The third-order valence-electron chi connectivity index (χ3n) is 2.81. The smallest absolute Gasteiger partial charge is 0.0524 e. The van der Waals surface area contributed by atoms with Crippen LogP contribution >= 0.6 is 0 Å². The van der Waals surface area contributed by atoms with E-state index in [9.17, 15) is 0 Å². The summed E-state index contributed by atoms with van der Waals surface area (Å²) in [6, 6.07) is 0.437. The molecule has 0 aromatic carbocycles. The van der Waals surface area contributed by atoms with Crippen molar-refractivity contribution in [1.29, 1.82) is 0 Å². The van der Waals surface area contributed by atoms with Crippen molar-refractivity contribution < 1.29 is 0 Å². The first-order valence-corrected chi connectivity index (χ1v) is 6.27. The Balaban J connectivity index is 2.81. The van der Waals surface area contributed by atoms with Gasteiger partial charge in [-0.3, -0.25) is 4.99 Å². The molecule has 2 nitrogen and oxygen atoms in total. The fraction of sp³-hybridized carbons (Fsp3) is 0.929. The summed E-state index contributed by atoms with van der Waals surface area (Å²) in [4.78, 5) is 4.83. The van der Waals surface area contributed by atoms with Gasteiger partial charge in [0.1, 0.15) is 0 Å². The van der Waals surface area contributed by atoms with E-state index >= 15 is 0 Å².